The molecular weight excluding hydrogens is 164 g/mol. The van der Waals surface area contributed by atoms with Crippen LogP contribution in [-0.2, 0) is 9.53 Å². The van der Waals surface area contributed by atoms with Crippen molar-refractivity contribution >= 4 is 5.97 Å². The molecule has 0 heterocycles. The van der Waals surface area contributed by atoms with Crippen LogP contribution >= 0.6 is 0 Å². The van der Waals surface area contributed by atoms with Crippen LogP contribution in [0.25, 0.3) is 0 Å². The number of unbranched alkanes of at least 4 members (excludes halogenated alkanes) is 1. The topological polar surface area (TPSA) is 26.3 Å². The summed E-state index contributed by atoms with van der Waals surface area (Å²) in [4.78, 5) is 11.5. The predicted octanol–water partition coefficient (Wildman–Crippen LogP) is 3.15. The molecule has 0 aromatic carbocycles. The zero-order valence-electron chi connectivity index (χ0n) is 9.30. The average molecular weight is 186 g/mol. The van der Waals surface area contributed by atoms with Gasteiger partial charge in [0.2, 0.25) is 0 Å². The minimum Gasteiger partial charge on any atom is -0.463 e. The van der Waals surface area contributed by atoms with E-state index in [-0.39, 0.29) is 18.0 Å². The van der Waals surface area contributed by atoms with Crippen molar-refractivity contribution in [1.29, 1.82) is 0 Å². The highest BCUT2D eigenvalue weighted by atomic mass is 16.5. The van der Waals surface area contributed by atoms with Crippen LogP contribution in [0.2, 0.25) is 0 Å². The van der Waals surface area contributed by atoms with Gasteiger partial charge in [-0.1, -0.05) is 26.7 Å². The number of rotatable bonds is 6. The van der Waals surface area contributed by atoms with E-state index in [0.717, 1.165) is 25.7 Å². The molecule has 0 aromatic heterocycles. The van der Waals surface area contributed by atoms with E-state index in [9.17, 15) is 4.79 Å². The molecule has 1 atom stereocenters. The zero-order chi connectivity index (χ0) is 10.3. The normalized spacial score (nSPS) is 13.0. The van der Waals surface area contributed by atoms with E-state index in [1.54, 1.807) is 0 Å². The number of carbonyl (C=O) groups excluding carboxylic acids is 1. The molecule has 78 valence electrons. The summed E-state index contributed by atoms with van der Waals surface area (Å²) in [5.41, 5.74) is 0. The molecule has 0 rings (SSSR count). The second-order valence-corrected chi connectivity index (χ2v) is 3.73. The Labute approximate surface area is 81.7 Å². The van der Waals surface area contributed by atoms with Gasteiger partial charge < -0.3 is 4.74 Å². The summed E-state index contributed by atoms with van der Waals surface area (Å²) in [7, 11) is 0. The molecular formula is C11H22O2. The lowest BCUT2D eigenvalue weighted by Crippen LogP contribution is -2.20. The van der Waals surface area contributed by atoms with E-state index in [4.69, 9.17) is 4.74 Å². The van der Waals surface area contributed by atoms with Crippen LogP contribution in [0.1, 0.15) is 53.4 Å². The first-order valence-corrected chi connectivity index (χ1v) is 5.32. The highest BCUT2D eigenvalue weighted by molar-refractivity contribution is 5.72. The molecule has 0 radical (unpaired) electrons. The summed E-state index contributed by atoms with van der Waals surface area (Å²) >= 11 is 0. The van der Waals surface area contributed by atoms with Gasteiger partial charge in [-0.05, 0) is 26.7 Å². The maximum Gasteiger partial charge on any atom is 0.309 e. The Bertz CT molecular complexity index is 141. The molecule has 0 N–H and O–H groups in total. The third-order valence-corrected chi connectivity index (χ3v) is 2.08. The lowest BCUT2D eigenvalue weighted by molar-refractivity contribution is -0.152. The standard InChI is InChI=1S/C11H22O2/c1-5-7-8-10(6-2)11(12)13-9(3)4/h9-10H,5-8H2,1-4H3/t10-/m1/s1. The second-order valence-electron chi connectivity index (χ2n) is 3.73. The molecule has 13 heavy (non-hydrogen) atoms. The Hall–Kier alpha value is -0.530. The van der Waals surface area contributed by atoms with Gasteiger partial charge in [0.25, 0.3) is 0 Å². The van der Waals surface area contributed by atoms with Gasteiger partial charge in [0.05, 0.1) is 12.0 Å². The van der Waals surface area contributed by atoms with Gasteiger partial charge >= 0.3 is 5.97 Å². The van der Waals surface area contributed by atoms with Gasteiger partial charge in [-0.3, -0.25) is 4.79 Å². The van der Waals surface area contributed by atoms with Crippen molar-refractivity contribution in [2.75, 3.05) is 0 Å². The van der Waals surface area contributed by atoms with E-state index in [1.165, 1.54) is 0 Å². The largest absolute Gasteiger partial charge is 0.463 e. The molecule has 0 saturated carbocycles. The number of ether oxygens (including phenoxy) is 1. The molecule has 0 amide bonds. The first-order valence-electron chi connectivity index (χ1n) is 5.32. The maximum atomic E-state index is 11.5. The number of carbonyl (C=O) groups is 1. The molecule has 2 nitrogen and oxygen atoms in total. The monoisotopic (exact) mass is 186 g/mol. The molecule has 0 spiro atoms. The van der Waals surface area contributed by atoms with Crippen molar-refractivity contribution in [3.8, 4) is 0 Å². The van der Waals surface area contributed by atoms with Gasteiger partial charge in [0.15, 0.2) is 0 Å². The van der Waals surface area contributed by atoms with Crippen LogP contribution in [0.3, 0.4) is 0 Å². The van der Waals surface area contributed by atoms with E-state index >= 15 is 0 Å². The first kappa shape index (κ1) is 12.5. The van der Waals surface area contributed by atoms with Crippen LogP contribution in [0.15, 0.2) is 0 Å². The fourth-order valence-corrected chi connectivity index (χ4v) is 1.27. The number of hydrogen-bond donors (Lipinski definition) is 0. The van der Waals surface area contributed by atoms with Crippen molar-refractivity contribution in [2.24, 2.45) is 5.92 Å². The van der Waals surface area contributed by atoms with Gasteiger partial charge in [0.1, 0.15) is 0 Å². The van der Waals surface area contributed by atoms with Crippen molar-refractivity contribution in [3.63, 3.8) is 0 Å². The molecule has 0 aliphatic heterocycles. The molecule has 2 heteroatoms. The second kappa shape index (κ2) is 6.93. The zero-order valence-corrected chi connectivity index (χ0v) is 9.30. The van der Waals surface area contributed by atoms with Gasteiger partial charge in [0, 0.05) is 0 Å². The lowest BCUT2D eigenvalue weighted by Gasteiger charge is -2.15. The van der Waals surface area contributed by atoms with E-state index in [2.05, 4.69) is 6.92 Å². The summed E-state index contributed by atoms with van der Waals surface area (Å²) < 4.78 is 5.16. The van der Waals surface area contributed by atoms with Crippen molar-refractivity contribution in [2.45, 2.75) is 59.5 Å². The Morgan fingerprint density at radius 2 is 1.92 bits per heavy atom. The highest BCUT2D eigenvalue weighted by Gasteiger charge is 2.17. The number of hydrogen-bond acceptors (Lipinski definition) is 2. The first-order chi connectivity index (χ1) is 6.11. The van der Waals surface area contributed by atoms with Crippen molar-refractivity contribution in [3.05, 3.63) is 0 Å². The Morgan fingerprint density at radius 3 is 2.31 bits per heavy atom. The Kier molecular flexibility index (Phi) is 6.65. The van der Waals surface area contributed by atoms with E-state index in [1.807, 2.05) is 20.8 Å². The third kappa shape index (κ3) is 5.67. The summed E-state index contributed by atoms with van der Waals surface area (Å²) in [6, 6.07) is 0. The smallest absolute Gasteiger partial charge is 0.309 e. The third-order valence-electron chi connectivity index (χ3n) is 2.08. The summed E-state index contributed by atoms with van der Waals surface area (Å²) in [6.45, 7) is 7.97. The maximum absolute atomic E-state index is 11.5. The minimum absolute atomic E-state index is 0.0168. The molecule has 0 aliphatic carbocycles. The fraction of sp³-hybridized carbons (Fsp3) is 0.909. The van der Waals surface area contributed by atoms with Gasteiger partial charge in [-0.15, -0.1) is 0 Å². The van der Waals surface area contributed by atoms with Crippen LogP contribution in [-0.4, -0.2) is 12.1 Å². The van der Waals surface area contributed by atoms with Gasteiger partial charge in [-0.25, -0.2) is 0 Å². The van der Waals surface area contributed by atoms with Crippen LogP contribution in [0.5, 0.6) is 0 Å². The highest BCUT2D eigenvalue weighted by Crippen LogP contribution is 2.14. The fourth-order valence-electron chi connectivity index (χ4n) is 1.27. The SMILES string of the molecule is CCCC[C@@H](CC)C(=O)OC(C)C. The average Bonchev–Trinajstić information content (AvgIpc) is 2.04. The van der Waals surface area contributed by atoms with E-state index < -0.39 is 0 Å². The molecule has 0 unspecified atom stereocenters. The summed E-state index contributed by atoms with van der Waals surface area (Å²) in [5, 5.41) is 0. The molecule has 0 aromatic rings. The summed E-state index contributed by atoms with van der Waals surface area (Å²) in [6.07, 6.45) is 4.14. The lowest BCUT2D eigenvalue weighted by atomic mass is 10.00. The van der Waals surface area contributed by atoms with E-state index in [0.29, 0.717) is 0 Å². The van der Waals surface area contributed by atoms with Crippen LogP contribution in [0.4, 0.5) is 0 Å². The molecule has 0 fully saturated rings. The molecule has 0 bridgehead atoms. The van der Waals surface area contributed by atoms with Gasteiger partial charge in [-0.2, -0.15) is 0 Å². The Balaban J connectivity index is 3.84. The minimum atomic E-state index is -0.0223. The van der Waals surface area contributed by atoms with Crippen molar-refractivity contribution in [1.82, 2.24) is 0 Å². The molecule has 0 saturated heterocycles. The quantitative estimate of drug-likeness (QED) is 0.596. The molecule has 0 aliphatic rings. The predicted molar refractivity (Wildman–Crippen MR) is 54.5 cm³/mol. The Morgan fingerprint density at radius 1 is 1.31 bits per heavy atom. The summed E-state index contributed by atoms with van der Waals surface area (Å²) in [5.74, 6) is 0.0910. The van der Waals surface area contributed by atoms with Crippen LogP contribution < -0.4 is 0 Å². The van der Waals surface area contributed by atoms with Crippen molar-refractivity contribution < 1.29 is 9.53 Å². The number of esters is 1. The van der Waals surface area contributed by atoms with Crippen LogP contribution in [0, 0.1) is 5.92 Å².